The normalized spacial score (nSPS) is 21.1. The van der Waals surface area contributed by atoms with Crippen LogP contribution in [0.5, 0.6) is 5.75 Å². The van der Waals surface area contributed by atoms with Crippen molar-refractivity contribution >= 4 is 5.91 Å². The highest BCUT2D eigenvalue weighted by Crippen LogP contribution is 2.40. The largest absolute Gasteiger partial charge is 0.489 e. The Bertz CT molecular complexity index is 468. The number of hydrogen-bond acceptors (Lipinski definition) is 2. The van der Waals surface area contributed by atoms with Crippen LogP contribution in [-0.2, 0) is 0 Å². The summed E-state index contributed by atoms with van der Waals surface area (Å²) in [5.74, 6) is 1.68. The van der Waals surface area contributed by atoms with Crippen molar-refractivity contribution in [2.75, 3.05) is 6.54 Å². The van der Waals surface area contributed by atoms with Gasteiger partial charge in [-0.3, -0.25) is 4.79 Å². The molecule has 0 spiro atoms. The van der Waals surface area contributed by atoms with Gasteiger partial charge < -0.3 is 10.1 Å². The van der Waals surface area contributed by atoms with E-state index in [0.29, 0.717) is 23.9 Å². The molecule has 1 heterocycles. The molecular weight excluding hydrogens is 238 g/mol. The summed E-state index contributed by atoms with van der Waals surface area (Å²) < 4.78 is 5.84. The van der Waals surface area contributed by atoms with E-state index in [2.05, 4.69) is 26.1 Å². The first-order valence-corrected chi connectivity index (χ1v) is 7.08. The highest BCUT2D eigenvalue weighted by Gasteiger charge is 2.30. The van der Waals surface area contributed by atoms with Gasteiger partial charge in [0, 0.05) is 18.0 Å². The van der Waals surface area contributed by atoms with Crippen molar-refractivity contribution in [3.63, 3.8) is 0 Å². The third-order valence-electron chi connectivity index (χ3n) is 3.80. The average Bonchev–Trinajstić information content (AvgIpc) is 2.65. The first-order valence-electron chi connectivity index (χ1n) is 7.08. The van der Waals surface area contributed by atoms with Crippen molar-refractivity contribution in [2.24, 2.45) is 5.92 Å². The average molecular weight is 261 g/mol. The van der Waals surface area contributed by atoms with Gasteiger partial charge in [0.15, 0.2) is 0 Å². The second-order valence-electron chi connectivity index (χ2n) is 5.77. The Labute approximate surface area is 115 Å². The van der Waals surface area contributed by atoms with Crippen LogP contribution in [0.3, 0.4) is 0 Å². The Hall–Kier alpha value is -1.51. The molecular formula is C16H23NO2. The third kappa shape index (κ3) is 2.91. The number of ether oxygens (including phenoxy) is 1. The molecule has 1 aliphatic heterocycles. The van der Waals surface area contributed by atoms with Gasteiger partial charge in [0.05, 0.1) is 5.56 Å². The van der Waals surface area contributed by atoms with Crippen molar-refractivity contribution in [2.45, 2.75) is 46.1 Å². The third-order valence-corrected chi connectivity index (χ3v) is 3.80. The van der Waals surface area contributed by atoms with E-state index >= 15 is 0 Å². The maximum absolute atomic E-state index is 12.2. The predicted octanol–water partition coefficient (Wildman–Crippen LogP) is 3.35. The minimum Gasteiger partial charge on any atom is -0.489 e. The number of hydrogen-bond donors (Lipinski definition) is 1. The number of nitrogens with one attached hydrogen (secondary N) is 1. The van der Waals surface area contributed by atoms with E-state index in [1.807, 2.05) is 25.1 Å². The summed E-state index contributed by atoms with van der Waals surface area (Å²) in [4.78, 5) is 12.2. The van der Waals surface area contributed by atoms with E-state index in [0.717, 1.165) is 17.7 Å². The lowest BCUT2D eigenvalue weighted by molar-refractivity contribution is 0.0947. The molecule has 0 fully saturated rings. The van der Waals surface area contributed by atoms with Crippen molar-refractivity contribution in [3.05, 3.63) is 29.3 Å². The molecule has 19 heavy (non-hydrogen) atoms. The van der Waals surface area contributed by atoms with Crippen molar-refractivity contribution in [3.8, 4) is 5.75 Å². The van der Waals surface area contributed by atoms with Gasteiger partial charge in [-0.1, -0.05) is 32.9 Å². The molecule has 1 aliphatic rings. The van der Waals surface area contributed by atoms with E-state index in [9.17, 15) is 4.79 Å². The second-order valence-corrected chi connectivity index (χ2v) is 5.77. The molecule has 0 radical (unpaired) electrons. The molecule has 0 aliphatic carbocycles. The molecule has 0 aromatic heterocycles. The molecule has 3 nitrogen and oxygen atoms in total. The number of carbonyl (C=O) groups excluding carboxylic acids is 1. The van der Waals surface area contributed by atoms with Crippen LogP contribution >= 0.6 is 0 Å². The topological polar surface area (TPSA) is 38.3 Å². The van der Waals surface area contributed by atoms with Crippen LogP contribution in [0, 0.1) is 5.92 Å². The fourth-order valence-electron chi connectivity index (χ4n) is 2.33. The van der Waals surface area contributed by atoms with Crippen molar-refractivity contribution in [1.29, 1.82) is 0 Å². The van der Waals surface area contributed by atoms with Gasteiger partial charge in [0.2, 0.25) is 0 Å². The zero-order valence-electron chi connectivity index (χ0n) is 12.2. The molecule has 1 aromatic rings. The minimum atomic E-state index is -0.0289. The maximum Gasteiger partial charge on any atom is 0.255 e. The molecule has 3 heteroatoms. The summed E-state index contributed by atoms with van der Waals surface area (Å²) in [6, 6.07) is 5.83. The number of amides is 1. The zero-order chi connectivity index (χ0) is 14.0. The van der Waals surface area contributed by atoms with E-state index in [1.165, 1.54) is 0 Å². The summed E-state index contributed by atoms with van der Waals surface area (Å²) in [6.07, 6.45) is 1.13. The van der Waals surface area contributed by atoms with Gasteiger partial charge >= 0.3 is 0 Å². The molecule has 0 unspecified atom stereocenters. The van der Waals surface area contributed by atoms with E-state index in [4.69, 9.17) is 4.74 Å². The zero-order valence-corrected chi connectivity index (χ0v) is 12.2. The lowest BCUT2D eigenvalue weighted by Crippen LogP contribution is -2.25. The lowest BCUT2D eigenvalue weighted by Gasteiger charge is -2.10. The van der Waals surface area contributed by atoms with E-state index < -0.39 is 0 Å². The smallest absolute Gasteiger partial charge is 0.255 e. The summed E-state index contributed by atoms with van der Waals surface area (Å²) in [6.45, 7) is 9.20. The first-order chi connectivity index (χ1) is 9.00. The van der Waals surface area contributed by atoms with Crippen LogP contribution in [0.1, 0.15) is 56.0 Å². The summed E-state index contributed by atoms with van der Waals surface area (Å²) in [5.41, 5.74) is 1.81. The Morgan fingerprint density at radius 1 is 1.37 bits per heavy atom. The molecule has 2 rings (SSSR count). The van der Waals surface area contributed by atoms with Gasteiger partial charge in [-0.25, -0.2) is 0 Å². The molecule has 104 valence electrons. The molecule has 0 saturated heterocycles. The molecule has 1 N–H and O–H groups in total. The second kappa shape index (κ2) is 5.64. The van der Waals surface area contributed by atoms with Crippen LogP contribution in [0.15, 0.2) is 18.2 Å². The SMILES string of the molecule is CC(C)CCNC(=O)c1cccc2c1O[C@H](C)[C@@H]2C. The Morgan fingerprint density at radius 3 is 2.79 bits per heavy atom. The number of benzene rings is 1. The molecule has 0 bridgehead atoms. The van der Waals surface area contributed by atoms with E-state index in [1.54, 1.807) is 0 Å². The number of carbonyl (C=O) groups is 1. The minimum absolute atomic E-state index is 0.0289. The summed E-state index contributed by atoms with van der Waals surface area (Å²) >= 11 is 0. The van der Waals surface area contributed by atoms with Gasteiger partial charge in [-0.05, 0) is 25.3 Å². The number of rotatable bonds is 4. The highest BCUT2D eigenvalue weighted by atomic mass is 16.5. The van der Waals surface area contributed by atoms with Gasteiger partial charge in [-0.2, -0.15) is 0 Å². The van der Waals surface area contributed by atoms with Gasteiger partial charge in [0.1, 0.15) is 11.9 Å². The van der Waals surface area contributed by atoms with E-state index in [-0.39, 0.29) is 12.0 Å². The number of fused-ring (bicyclic) bond motifs is 1. The number of para-hydroxylation sites is 1. The van der Waals surface area contributed by atoms with Crippen LogP contribution in [0.2, 0.25) is 0 Å². The van der Waals surface area contributed by atoms with Crippen LogP contribution in [-0.4, -0.2) is 18.6 Å². The van der Waals surface area contributed by atoms with Gasteiger partial charge in [0.25, 0.3) is 5.91 Å². The lowest BCUT2D eigenvalue weighted by atomic mass is 9.97. The Morgan fingerprint density at radius 2 is 2.11 bits per heavy atom. The quantitative estimate of drug-likeness (QED) is 0.902. The molecule has 2 atom stereocenters. The summed E-state index contributed by atoms with van der Waals surface area (Å²) in [5, 5.41) is 2.97. The van der Waals surface area contributed by atoms with Crippen LogP contribution in [0.25, 0.3) is 0 Å². The van der Waals surface area contributed by atoms with Crippen LogP contribution in [0.4, 0.5) is 0 Å². The molecule has 1 aromatic carbocycles. The Kier molecular flexibility index (Phi) is 4.13. The van der Waals surface area contributed by atoms with Crippen molar-refractivity contribution < 1.29 is 9.53 Å². The highest BCUT2D eigenvalue weighted by molar-refractivity contribution is 5.97. The fraction of sp³-hybridized carbons (Fsp3) is 0.562. The maximum atomic E-state index is 12.2. The monoisotopic (exact) mass is 261 g/mol. The fourth-order valence-corrected chi connectivity index (χ4v) is 2.33. The van der Waals surface area contributed by atoms with Crippen molar-refractivity contribution in [1.82, 2.24) is 5.32 Å². The van der Waals surface area contributed by atoms with Crippen LogP contribution < -0.4 is 10.1 Å². The standard InChI is InChI=1S/C16H23NO2/c1-10(2)8-9-17-16(18)14-7-5-6-13-11(3)12(4)19-15(13)14/h5-7,10-12H,8-9H2,1-4H3,(H,17,18)/t11-,12+/m0/s1. The summed E-state index contributed by atoms with van der Waals surface area (Å²) in [7, 11) is 0. The first kappa shape index (κ1) is 13.9. The molecule has 1 amide bonds. The predicted molar refractivity (Wildman–Crippen MR) is 76.7 cm³/mol. The van der Waals surface area contributed by atoms with Gasteiger partial charge in [-0.15, -0.1) is 0 Å². The Balaban J connectivity index is 2.12. The molecule has 0 saturated carbocycles.